The van der Waals surface area contributed by atoms with Crippen LogP contribution in [-0.2, 0) is 4.79 Å². The minimum Gasteiger partial charge on any atom is -0.385 e. The molecule has 0 radical (unpaired) electrons. The van der Waals surface area contributed by atoms with E-state index in [1.807, 2.05) is 24.3 Å². The van der Waals surface area contributed by atoms with Crippen molar-refractivity contribution in [3.05, 3.63) is 53.1 Å². The van der Waals surface area contributed by atoms with Crippen LogP contribution in [-0.4, -0.2) is 27.7 Å². The summed E-state index contributed by atoms with van der Waals surface area (Å²) < 4.78 is 0. The van der Waals surface area contributed by atoms with E-state index < -0.39 is 0 Å². The molecule has 0 bridgehead atoms. The minimum absolute atomic E-state index is 0.182. The summed E-state index contributed by atoms with van der Waals surface area (Å²) in [6, 6.07) is 13.0. The summed E-state index contributed by atoms with van der Waals surface area (Å²) in [6.45, 7) is 4.15. The Morgan fingerprint density at radius 2 is 2.04 bits per heavy atom. The number of hydrogen-bond donors (Lipinski definition) is 1. The minimum atomic E-state index is -0.276. The largest absolute Gasteiger partial charge is 0.385 e. The monoisotopic (exact) mass is 358 g/mol. The molecule has 2 aromatic carbocycles. The Labute approximate surface area is 150 Å². The Morgan fingerprint density at radius 3 is 2.76 bits per heavy atom. The van der Waals surface area contributed by atoms with Gasteiger partial charge in [0.15, 0.2) is 6.61 Å². The van der Waals surface area contributed by atoms with Crippen molar-refractivity contribution in [1.29, 1.82) is 0 Å². The SMILES string of the molecule is CC[C@H](C)c1ccc(NC(=O)COn2nnc3ccc(Cl)cc32)cc1. The zero-order chi connectivity index (χ0) is 17.8. The van der Waals surface area contributed by atoms with Crippen LogP contribution in [0.2, 0.25) is 5.02 Å². The highest BCUT2D eigenvalue weighted by Crippen LogP contribution is 2.20. The van der Waals surface area contributed by atoms with E-state index in [9.17, 15) is 4.79 Å². The van der Waals surface area contributed by atoms with Crippen molar-refractivity contribution < 1.29 is 9.63 Å². The Kier molecular flexibility index (Phi) is 5.19. The third-order valence-corrected chi connectivity index (χ3v) is 4.31. The van der Waals surface area contributed by atoms with E-state index in [4.69, 9.17) is 16.4 Å². The van der Waals surface area contributed by atoms with Crippen molar-refractivity contribution in [2.75, 3.05) is 11.9 Å². The number of benzene rings is 2. The van der Waals surface area contributed by atoms with Crippen molar-refractivity contribution in [3.63, 3.8) is 0 Å². The number of nitrogens with one attached hydrogen (secondary N) is 1. The number of nitrogens with zero attached hydrogens (tertiary/aromatic N) is 3. The predicted octanol–water partition coefficient (Wildman–Crippen LogP) is 3.67. The molecule has 7 heteroatoms. The molecule has 0 aliphatic rings. The first-order chi connectivity index (χ1) is 12.1. The quantitative estimate of drug-likeness (QED) is 0.730. The Balaban J connectivity index is 1.60. The van der Waals surface area contributed by atoms with Gasteiger partial charge in [-0.25, -0.2) is 0 Å². The molecule has 0 fully saturated rings. The number of hydrogen-bond acceptors (Lipinski definition) is 4. The summed E-state index contributed by atoms with van der Waals surface area (Å²) in [5, 5.41) is 11.2. The predicted molar refractivity (Wildman–Crippen MR) is 97.8 cm³/mol. The number of aromatic nitrogens is 3. The zero-order valence-electron chi connectivity index (χ0n) is 14.1. The smallest absolute Gasteiger partial charge is 0.265 e. The van der Waals surface area contributed by atoms with Gasteiger partial charge in [0, 0.05) is 10.7 Å². The summed E-state index contributed by atoms with van der Waals surface area (Å²) in [4.78, 5) is 18.7. The number of rotatable bonds is 6. The van der Waals surface area contributed by atoms with Crippen molar-refractivity contribution in [1.82, 2.24) is 15.2 Å². The number of halogens is 1. The molecule has 0 aliphatic carbocycles. The van der Waals surface area contributed by atoms with Gasteiger partial charge in [-0.2, -0.15) is 0 Å². The fourth-order valence-electron chi connectivity index (χ4n) is 2.41. The molecule has 1 aromatic heterocycles. The molecule has 0 saturated carbocycles. The van der Waals surface area contributed by atoms with Crippen LogP contribution < -0.4 is 10.2 Å². The van der Waals surface area contributed by atoms with Crippen LogP contribution in [0.25, 0.3) is 11.0 Å². The summed E-state index contributed by atoms with van der Waals surface area (Å²) >= 11 is 5.96. The van der Waals surface area contributed by atoms with Gasteiger partial charge in [-0.15, -0.1) is 5.10 Å². The molecule has 1 N–H and O–H groups in total. The molecule has 25 heavy (non-hydrogen) atoms. The highest BCUT2D eigenvalue weighted by molar-refractivity contribution is 6.31. The van der Waals surface area contributed by atoms with Gasteiger partial charge >= 0.3 is 0 Å². The molecule has 3 rings (SSSR count). The van der Waals surface area contributed by atoms with Crippen LogP contribution >= 0.6 is 11.6 Å². The summed E-state index contributed by atoms with van der Waals surface area (Å²) in [5.41, 5.74) is 3.23. The lowest BCUT2D eigenvalue weighted by Gasteiger charge is -2.11. The standard InChI is InChI=1S/C18H19ClN4O2/c1-3-12(2)13-4-7-15(8-5-13)20-18(24)11-25-23-17-10-14(19)6-9-16(17)21-22-23/h4-10,12H,3,11H2,1-2H3,(H,20,24)/t12-/m0/s1. The molecule has 0 aliphatic heterocycles. The normalized spacial score (nSPS) is 12.1. The van der Waals surface area contributed by atoms with Crippen molar-refractivity contribution in [3.8, 4) is 0 Å². The molecule has 6 nitrogen and oxygen atoms in total. The molecule has 3 aromatic rings. The van der Waals surface area contributed by atoms with Gasteiger partial charge in [0.25, 0.3) is 5.91 Å². The first-order valence-electron chi connectivity index (χ1n) is 8.11. The maximum atomic E-state index is 12.1. The molecule has 130 valence electrons. The molecule has 1 atom stereocenters. The van der Waals surface area contributed by atoms with Crippen LogP contribution in [0.4, 0.5) is 5.69 Å². The summed E-state index contributed by atoms with van der Waals surface area (Å²) in [6.07, 6.45) is 1.08. The average Bonchev–Trinajstić information content (AvgIpc) is 3.02. The Bertz CT molecular complexity index is 876. The second-order valence-electron chi connectivity index (χ2n) is 5.85. The summed E-state index contributed by atoms with van der Waals surface area (Å²) in [5.74, 6) is 0.225. The molecule has 1 heterocycles. The Morgan fingerprint density at radius 1 is 1.28 bits per heavy atom. The molecule has 0 saturated heterocycles. The third-order valence-electron chi connectivity index (χ3n) is 4.07. The maximum Gasteiger partial charge on any atom is 0.265 e. The molecular formula is C18H19ClN4O2. The number of amides is 1. The second-order valence-corrected chi connectivity index (χ2v) is 6.28. The number of anilines is 1. The van der Waals surface area contributed by atoms with E-state index in [1.165, 1.54) is 10.4 Å². The van der Waals surface area contributed by atoms with Crippen LogP contribution in [0, 0.1) is 0 Å². The van der Waals surface area contributed by atoms with E-state index in [1.54, 1.807) is 18.2 Å². The number of fused-ring (bicyclic) bond motifs is 1. The molecule has 1 amide bonds. The van der Waals surface area contributed by atoms with Crippen LogP contribution in [0.5, 0.6) is 0 Å². The van der Waals surface area contributed by atoms with Crippen LogP contribution in [0.3, 0.4) is 0 Å². The van der Waals surface area contributed by atoms with Gasteiger partial charge in [0.05, 0.1) is 0 Å². The lowest BCUT2D eigenvalue weighted by Crippen LogP contribution is -2.26. The van der Waals surface area contributed by atoms with Crippen LogP contribution in [0.15, 0.2) is 42.5 Å². The third kappa shape index (κ3) is 4.09. The fraction of sp³-hybridized carbons (Fsp3) is 0.278. The van der Waals surface area contributed by atoms with Crippen molar-refractivity contribution in [2.45, 2.75) is 26.2 Å². The van der Waals surface area contributed by atoms with E-state index in [0.717, 1.165) is 12.1 Å². The zero-order valence-corrected chi connectivity index (χ0v) is 14.8. The van der Waals surface area contributed by atoms with Gasteiger partial charge in [-0.3, -0.25) is 4.79 Å². The van der Waals surface area contributed by atoms with E-state index in [2.05, 4.69) is 29.5 Å². The number of carbonyl (C=O) groups excluding carboxylic acids is 1. The topological polar surface area (TPSA) is 69.0 Å². The van der Waals surface area contributed by atoms with E-state index in [-0.39, 0.29) is 12.5 Å². The first kappa shape index (κ1) is 17.2. The maximum absolute atomic E-state index is 12.1. The second kappa shape index (κ2) is 7.53. The average molecular weight is 359 g/mol. The molecule has 0 spiro atoms. The first-order valence-corrected chi connectivity index (χ1v) is 8.48. The van der Waals surface area contributed by atoms with Crippen molar-refractivity contribution in [2.24, 2.45) is 0 Å². The highest BCUT2D eigenvalue weighted by atomic mass is 35.5. The Hall–Kier alpha value is -2.60. The fourth-order valence-corrected chi connectivity index (χ4v) is 2.58. The lowest BCUT2D eigenvalue weighted by atomic mass is 9.99. The van der Waals surface area contributed by atoms with Gasteiger partial charge in [0.2, 0.25) is 0 Å². The van der Waals surface area contributed by atoms with E-state index in [0.29, 0.717) is 22.0 Å². The highest BCUT2D eigenvalue weighted by Gasteiger charge is 2.09. The van der Waals surface area contributed by atoms with Crippen LogP contribution in [0.1, 0.15) is 31.7 Å². The summed E-state index contributed by atoms with van der Waals surface area (Å²) in [7, 11) is 0. The van der Waals surface area contributed by atoms with Gasteiger partial charge in [0.1, 0.15) is 11.0 Å². The van der Waals surface area contributed by atoms with Gasteiger partial charge in [-0.05, 0) is 53.4 Å². The molecule has 0 unspecified atom stereocenters. The number of carbonyl (C=O) groups is 1. The van der Waals surface area contributed by atoms with Gasteiger partial charge in [-0.1, -0.05) is 42.4 Å². The van der Waals surface area contributed by atoms with E-state index >= 15 is 0 Å². The lowest BCUT2D eigenvalue weighted by molar-refractivity contribution is -0.121. The van der Waals surface area contributed by atoms with Gasteiger partial charge < -0.3 is 10.2 Å². The van der Waals surface area contributed by atoms with Crippen molar-refractivity contribution >= 4 is 34.2 Å². The molecular weight excluding hydrogens is 340 g/mol.